The van der Waals surface area contributed by atoms with E-state index in [1.165, 1.54) is 12.7 Å². The summed E-state index contributed by atoms with van der Waals surface area (Å²) < 4.78 is 4.87. The zero-order valence-corrected chi connectivity index (χ0v) is 7.93. The van der Waals surface area contributed by atoms with Crippen LogP contribution in [0.5, 0.6) is 0 Å². The van der Waals surface area contributed by atoms with Gasteiger partial charge in [-0.15, -0.1) is 0 Å². The molecule has 1 aromatic heterocycles. The van der Waals surface area contributed by atoms with Crippen LogP contribution in [-0.2, 0) is 16.0 Å². The maximum absolute atomic E-state index is 11.0. The summed E-state index contributed by atoms with van der Waals surface area (Å²) >= 11 is 0. The Labute approximate surface area is 81.9 Å². The highest BCUT2D eigenvalue weighted by molar-refractivity contribution is 5.86. The molecule has 1 rings (SSSR count). The van der Waals surface area contributed by atoms with Crippen LogP contribution in [0.3, 0.4) is 0 Å². The quantitative estimate of drug-likeness (QED) is 0.515. The molecule has 0 spiro atoms. The molecule has 1 heterocycles. The lowest BCUT2D eigenvalue weighted by Crippen LogP contribution is -2.09. The lowest BCUT2D eigenvalue weighted by Gasteiger charge is -2.02. The molecule has 0 saturated heterocycles. The van der Waals surface area contributed by atoms with E-state index in [1.54, 1.807) is 6.92 Å². The fourth-order valence-electron chi connectivity index (χ4n) is 0.750. The highest BCUT2D eigenvalue weighted by Crippen LogP contribution is 1.94. The van der Waals surface area contributed by atoms with Gasteiger partial charge in [0.2, 0.25) is 0 Å². The molecular weight excluding hydrogens is 182 g/mol. The van der Waals surface area contributed by atoms with Gasteiger partial charge in [-0.25, -0.2) is 19.7 Å². The molecule has 0 fully saturated rings. The first-order valence-electron chi connectivity index (χ1n) is 4.13. The molecule has 0 saturated carbocycles. The first kappa shape index (κ1) is 10.3. The molecule has 14 heavy (non-hydrogen) atoms. The summed E-state index contributed by atoms with van der Waals surface area (Å²) in [6, 6.07) is 0. The number of hydrogen-bond acceptors (Lipinski definition) is 5. The van der Waals surface area contributed by atoms with Crippen molar-refractivity contribution in [2.75, 3.05) is 6.61 Å². The van der Waals surface area contributed by atoms with E-state index in [1.807, 2.05) is 0 Å². The summed E-state index contributed by atoms with van der Waals surface area (Å²) in [5, 5.41) is 0. The van der Waals surface area contributed by atoms with Gasteiger partial charge in [-0.1, -0.05) is 6.58 Å². The van der Waals surface area contributed by atoms with Gasteiger partial charge in [0, 0.05) is 12.0 Å². The van der Waals surface area contributed by atoms with E-state index in [0.29, 0.717) is 17.8 Å². The van der Waals surface area contributed by atoms with Crippen LogP contribution in [0.4, 0.5) is 0 Å². The smallest absolute Gasteiger partial charge is 0.333 e. The highest BCUT2D eigenvalue weighted by atomic mass is 16.5. The Morgan fingerprint density at radius 2 is 2.14 bits per heavy atom. The Bertz CT molecular complexity index is 324. The van der Waals surface area contributed by atoms with Gasteiger partial charge in [-0.3, -0.25) is 0 Å². The van der Waals surface area contributed by atoms with Crippen LogP contribution in [0, 0.1) is 0 Å². The summed E-state index contributed by atoms with van der Waals surface area (Å²) in [4.78, 5) is 22.4. The number of ether oxygens (including phenoxy) is 1. The predicted molar refractivity (Wildman–Crippen MR) is 49.3 cm³/mol. The molecular formula is C9H11N3O2. The van der Waals surface area contributed by atoms with Gasteiger partial charge >= 0.3 is 5.97 Å². The van der Waals surface area contributed by atoms with Crippen molar-refractivity contribution in [1.82, 2.24) is 15.0 Å². The fourth-order valence-corrected chi connectivity index (χ4v) is 0.750. The van der Waals surface area contributed by atoms with Gasteiger partial charge in [-0.05, 0) is 6.92 Å². The van der Waals surface area contributed by atoms with Crippen LogP contribution < -0.4 is 0 Å². The second-order valence-corrected chi connectivity index (χ2v) is 2.72. The van der Waals surface area contributed by atoms with Crippen molar-refractivity contribution in [3.05, 3.63) is 30.6 Å². The van der Waals surface area contributed by atoms with Gasteiger partial charge in [0.1, 0.15) is 18.5 Å². The third-order valence-electron chi connectivity index (χ3n) is 1.45. The second kappa shape index (κ2) is 5.06. The minimum absolute atomic E-state index is 0.260. The SMILES string of the molecule is C=C(C)C(=O)OCCc1ncncn1. The van der Waals surface area contributed by atoms with Crippen LogP contribution in [0.25, 0.3) is 0 Å². The minimum Gasteiger partial charge on any atom is -0.462 e. The number of aromatic nitrogens is 3. The molecule has 0 aliphatic heterocycles. The number of esters is 1. The van der Waals surface area contributed by atoms with Gasteiger partial charge in [0.05, 0.1) is 6.61 Å². The molecule has 0 N–H and O–H groups in total. The minimum atomic E-state index is -0.390. The number of carbonyl (C=O) groups is 1. The molecule has 0 aromatic carbocycles. The number of nitrogens with zero attached hydrogens (tertiary/aromatic N) is 3. The molecule has 0 unspecified atom stereocenters. The Morgan fingerprint density at radius 1 is 1.50 bits per heavy atom. The Balaban J connectivity index is 2.29. The third-order valence-corrected chi connectivity index (χ3v) is 1.45. The van der Waals surface area contributed by atoms with Crippen molar-refractivity contribution >= 4 is 5.97 Å². The van der Waals surface area contributed by atoms with E-state index in [0.717, 1.165) is 0 Å². The van der Waals surface area contributed by atoms with Gasteiger partial charge in [-0.2, -0.15) is 0 Å². The molecule has 0 aliphatic rings. The monoisotopic (exact) mass is 193 g/mol. The van der Waals surface area contributed by atoms with Crippen molar-refractivity contribution < 1.29 is 9.53 Å². The summed E-state index contributed by atoms with van der Waals surface area (Å²) in [6.07, 6.45) is 3.30. The van der Waals surface area contributed by atoms with Gasteiger partial charge in [0.15, 0.2) is 0 Å². The molecule has 74 valence electrons. The van der Waals surface area contributed by atoms with Crippen molar-refractivity contribution in [2.45, 2.75) is 13.3 Å². The Hall–Kier alpha value is -1.78. The average molecular weight is 193 g/mol. The van der Waals surface area contributed by atoms with E-state index in [9.17, 15) is 4.79 Å². The van der Waals surface area contributed by atoms with Gasteiger partial charge < -0.3 is 4.74 Å². The van der Waals surface area contributed by atoms with Crippen LogP contribution in [0.2, 0.25) is 0 Å². The van der Waals surface area contributed by atoms with Crippen molar-refractivity contribution in [3.63, 3.8) is 0 Å². The average Bonchev–Trinajstić information content (AvgIpc) is 2.19. The summed E-state index contributed by atoms with van der Waals surface area (Å²) in [6.45, 7) is 5.33. The van der Waals surface area contributed by atoms with Gasteiger partial charge in [0.25, 0.3) is 0 Å². The summed E-state index contributed by atoms with van der Waals surface area (Å²) in [7, 11) is 0. The van der Waals surface area contributed by atoms with Crippen LogP contribution >= 0.6 is 0 Å². The third kappa shape index (κ3) is 3.30. The van der Waals surface area contributed by atoms with Crippen molar-refractivity contribution in [3.8, 4) is 0 Å². The lowest BCUT2D eigenvalue weighted by atomic mass is 10.3. The number of carbonyl (C=O) groups excluding carboxylic acids is 1. The molecule has 0 aliphatic carbocycles. The summed E-state index contributed by atoms with van der Waals surface area (Å²) in [5.74, 6) is 0.216. The number of rotatable bonds is 4. The Morgan fingerprint density at radius 3 is 2.71 bits per heavy atom. The maximum Gasteiger partial charge on any atom is 0.333 e. The van der Waals surface area contributed by atoms with Crippen LogP contribution in [0.15, 0.2) is 24.8 Å². The zero-order valence-electron chi connectivity index (χ0n) is 7.93. The molecule has 5 nitrogen and oxygen atoms in total. The zero-order chi connectivity index (χ0) is 10.4. The summed E-state index contributed by atoms with van der Waals surface area (Å²) in [5.41, 5.74) is 0.389. The molecule has 0 radical (unpaired) electrons. The first-order chi connectivity index (χ1) is 6.70. The molecule has 0 atom stereocenters. The van der Waals surface area contributed by atoms with Crippen LogP contribution in [0.1, 0.15) is 12.7 Å². The Kier molecular flexibility index (Phi) is 3.72. The van der Waals surface area contributed by atoms with E-state index in [4.69, 9.17) is 4.74 Å². The fraction of sp³-hybridized carbons (Fsp3) is 0.333. The van der Waals surface area contributed by atoms with E-state index < -0.39 is 0 Å². The van der Waals surface area contributed by atoms with E-state index >= 15 is 0 Å². The van der Waals surface area contributed by atoms with Crippen LogP contribution in [-0.4, -0.2) is 27.5 Å². The topological polar surface area (TPSA) is 65.0 Å². The standard InChI is InChI=1S/C9H11N3O2/c1-7(2)9(13)14-4-3-8-11-5-10-6-12-8/h5-6H,1,3-4H2,2H3. The maximum atomic E-state index is 11.0. The molecule has 5 heteroatoms. The number of hydrogen-bond donors (Lipinski definition) is 0. The molecule has 0 amide bonds. The van der Waals surface area contributed by atoms with E-state index in [-0.39, 0.29) is 12.6 Å². The van der Waals surface area contributed by atoms with E-state index in [2.05, 4.69) is 21.5 Å². The van der Waals surface area contributed by atoms with Crippen molar-refractivity contribution in [1.29, 1.82) is 0 Å². The van der Waals surface area contributed by atoms with Crippen molar-refractivity contribution in [2.24, 2.45) is 0 Å². The largest absolute Gasteiger partial charge is 0.462 e. The first-order valence-corrected chi connectivity index (χ1v) is 4.13. The lowest BCUT2D eigenvalue weighted by molar-refractivity contribution is -0.138. The molecule has 0 bridgehead atoms. The molecule has 1 aromatic rings. The predicted octanol–water partition coefficient (Wildman–Crippen LogP) is 0.533. The highest BCUT2D eigenvalue weighted by Gasteiger charge is 2.03. The second-order valence-electron chi connectivity index (χ2n) is 2.72. The normalized spacial score (nSPS) is 9.50.